The summed E-state index contributed by atoms with van der Waals surface area (Å²) in [4.78, 5) is 31.0. The van der Waals surface area contributed by atoms with Crippen molar-refractivity contribution in [1.29, 1.82) is 0 Å². The summed E-state index contributed by atoms with van der Waals surface area (Å²) in [6, 6.07) is 8.80. The Morgan fingerprint density at radius 3 is 2.73 bits per heavy atom. The summed E-state index contributed by atoms with van der Waals surface area (Å²) in [6.45, 7) is 3.63. The molecule has 1 atom stereocenters. The number of anilines is 1. The molecule has 4 rings (SSSR count). The lowest BCUT2D eigenvalue weighted by Crippen LogP contribution is -2.42. The van der Waals surface area contributed by atoms with Crippen LogP contribution < -0.4 is 10.2 Å². The second-order valence-electron chi connectivity index (χ2n) is 8.41. The number of halogens is 2. The lowest BCUT2D eigenvalue weighted by Gasteiger charge is -2.32. The first-order chi connectivity index (χ1) is 14.3. The van der Waals surface area contributed by atoms with Crippen LogP contribution in [-0.2, 0) is 10.5 Å². The molecule has 1 aliphatic carbocycles. The highest BCUT2D eigenvalue weighted by Crippen LogP contribution is 2.43. The minimum absolute atomic E-state index is 0.0696. The second kappa shape index (κ2) is 7.99. The van der Waals surface area contributed by atoms with Crippen molar-refractivity contribution in [3.8, 4) is 0 Å². The Labute approximate surface area is 180 Å². The first-order valence-corrected chi connectivity index (χ1v) is 10.7. The zero-order valence-corrected chi connectivity index (χ0v) is 17.9. The molecule has 158 valence electrons. The molecule has 0 radical (unpaired) electrons. The number of fused-ring (bicyclic) bond motifs is 1. The summed E-state index contributed by atoms with van der Waals surface area (Å²) in [5.41, 5.74) is 0.287. The van der Waals surface area contributed by atoms with Crippen LogP contribution in [0.25, 0.3) is 0 Å². The van der Waals surface area contributed by atoms with Gasteiger partial charge in [0.15, 0.2) is 0 Å². The van der Waals surface area contributed by atoms with E-state index in [4.69, 9.17) is 11.6 Å². The molecular weight excluding hydrogens is 405 g/mol. The van der Waals surface area contributed by atoms with Gasteiger partial charge in [-0.1, -0.05) is 29.8 Å². The lowest BCUT2D eigenvalue weighted by molar-refractivity contribution is -0.128. The third-order valence-corrected chi connectivity index (χ3v) is 6.48. The molecule has 1 fully saturated rings. The Balaban J connectivity index is 1.36. The fraction of sp³-hybridized carbons (Fsp3) is 0.435. The molecular formula is C23H25ClFN3O2. The molecule has 2 aliphatic rings. The van der Waals surface area contributed by atoms with Gasteiger partial charge >= 0.3 is 0 Å². The molecule has 7 heteroatoms. The summed E-state index contributed by atoms with van der Waals surface area (Å²) in [5, 5.41) is 3.51. The van der Waals surface area contributed by atoms with Crippen molar-refractivity contribution in [1.82, 2.24) is 10.3 Å². The van der Waals surface area contributed by atoms with Crippen LogP contribution in [0.1, 0.15) is 54.2 Å². The number of amides is 2. The van der Waals surface area contributed by atoms with E-state index in [0.29, 0.717) is 34.1 Å². The van der Waals surface area contributed by atoms with Crippen molar-refractivity contribution in [2.24, 2.45) is 5.92 Å². The zero-order valence-electron chi connectivity index (χ0n) is 17.1. The SMILES string of the molecule is Cc1ncc(Cl)cc1C(=O)N[C@H]1CC[C@H](CN2C(=O)[C@@](C)(F)c3ccccc32)CC1. The molecule has 2 amide bonds. The van der Waals surface area contributed by atoms with Gasteiger partial charge < -0.3 is 10.2 Å². The summed E-state index contributed by atoms with van der Waals surface area (Å²) >= 11 is 5.97. The van der Waals surface area contributed by atoms with Crippen LogP contribution in [0.4, 0.5) is 10.1 Å². The quantitative estimate of drug-likeness (QED) is 0.774. The van der Waals surface area contributed by atoms with Crippen molar-refractivity contribution in [2.75, 3.05) is 11.4 Å². The average Bonchev–Trinajstić information content (AvgIpc) is 2.92. The number of carbonyl (C=O) groups is 2. The number of aryl methyl sites for hydroxylation is 1. The van der Waals surface area contributed by atoms with Gasteiger partial charge in [-0.15, -0.1) is 0 Å². The highest BCUT2D eigenvalue weighted by molar-refractivity contribution is 6.30. The molecule has 0 saturated heterocycles. The Bertz CT molecular complexity index is 986. The summed E-state index contributed by atoms with van der Waals surface area (Å²) in [7, 11) is 0. The molecule has 1 saturated carbocycles. The molecule has 1 N–H and O–H groups in total. The van der Waals surface area contributed by atoms with Crippen LogP contribution in [0, 0.1) is 12.8 Å². The van der Waals surface area contributed by atoms with E-state index in [-0.39, 0.29) is 17.9 Å². The molecule has 1 aromatic carbocycles. The normalized spacial score (nSPS) is 25.9. The van der Waals surface area contributed by atoms with Crippen molar-refractivity contribution < 1.29 is 14.0 Å². The summed E-state index contributed by atoms with van der Waals surface area (Å²) in [6.07, 6.45) is 4.90. The van der Waals surface area contributed by atoms with Gasteiger partial charge in [-0.3, -0.25) is 14.6 Å². The van der Waals surface area contributed by atoms with Crippen LogP contribution >= 0.6 is 11.6 Å². The minimum atomic E-state index is -1.97. The van der Waals surface area contributed by atoms with E-state index in [0.717, 1.165) is 25.7 Å². The number of carbonyl (C=O) groups excluding carboxylic acids is 2. The van der Waals surface area contributed by atoms with E-state index in [1.165, 1.54) is 13.1 Å². The van der Waals surface area contributed by atoms with Gasteiger partial charge in [0, 0.05) is 24.3 Å². The number of hydrogen-bond acceptors (Lipinski definition) is 3. The number of nitrogens with one attached hydrogen (secondary N) is 1. The van der Waals surface area contributed by atoms with Crippen molar-refractivity contribution in [2.45, 2.75) is 51.2 Å². The van der Waals surface area contributed by atoms with Crippen LogP contribution in [0.5, 0.6) is 0 Å². The van der Waals surface area contributed by atoms with Crippen LogP contribution in [-0.4, -0.2) is 29.4 Å². The predicted octanol–water partition coefficient (Wildman–Crippen LogP) is 4.56. The Kier molecular flexibility index (Phi) is 5.53. The smallest absolute Gasteiger partial charge is 0.269 e. The molecule has 1 aromatic heterocycles. The molecule has 5 nitrogen and oxygen atoms in total. The number of nitrogens with zero attached hydrogens (tertiary/aromatic N) is 2. The maximum Gasteiger partial charge on any atom is 0.269 e. The second-order valence-corrected chi connectivity index (χ2v) is 8.85. The van der Waals surface area contributed by atoms with E-state index in [2.05, 4.69) is 10.3 Å². The Morgan fingerprint density at radius 1 is 1.30 bits per heavy atom. The van der Waals surface area contributed by atoms with Gasteiger partial charge in [0.2, 0.25) is 5.67 Å². The Morgan fingerprint density at radius 2 is 2.00 bits per heavy atom. The van der Waals surface area contributed by atoms with Crippen LogP contribution in [0.15, 0.2) is 36.5 Å². The van der Waals surface area contributed by atoms with Crippen molar-refractivity contribution in [3.05, 3.63) is 58.4 Å². The largest absolute Gasteiger partial charge is 0.349 e. The average molecular weight is 430 g/mol. The standard InChI is InChI=1S/C23H25ClFN3O2/c1-14-18(11-16(24)12-26-14)21(29)27-17-9-7-15(8-10-17)13-28-20-6-4-3-5-19(20)23(2,25)22(28)30/h3-6,11-12,15,17H,7-10,13H2,1-2H3,(H,27,29)/t15-,17-,23-/m0/s1. The van der Waals surface area contributed by atoms with E-state index in [1.807, 2.05) is 12.1 Å². The number of para-hydroxylation sites is 1. The van der Waals surface area contributed by atoms with Gasteiger partial charge in [0.25, 0.3) is 11.8 Å². The van der Waals surface area contributed by atoms with Gasteiger partial charge in [0.05, 0.1) is 22.0 Å². The summed E-state index contributed by atoms with van der Waals surface area (Å²) < 4.78 is 15.0. The molecule has 0 spiro atoms. The Hall–Kier alpha value is -2.47. The highest BCUT2D eigenvalue weighted by atomic mass is 35.5. The van der Waals surface area contributed by atoms with Crippen molar-refractivity contribution in [3.63, 3.8) is 0 Å². The number of pyridine rings is 1. The number of aromatic nitrogens is 1. The monoisotopic (exact) mass is 429 g/mol. The van der Waals surface area contributed by atoms with Gasteiger partial charge in [-0.05, 0) is 57.6 Å². The third kappa shape index (κ3) is 3.81. The maximum absolute atomic E-state index is 15.0. The third-order valence-electron chi connectivity index (χ3n) is 6.27. The molecule has 2 aromatic rings. The minimum Gasteiger partial charge on any atom is -0.349 e. The fourth-order valence-electron chi connectivity index (χ4n) is 4.51. The van der Waals surface area contributed by atoms with Gasteiger partial charge in [0.1, 0.15) is 0 Å². The summed E-state index contributed by atoms with van der Waals surface area (Å²) in [5.74, 6) is -0.371. The first-order valence-electron chi connectivity index (χ1n) is 10.3. The van der Waals surface area contributed by atoms with E-state index < -0.39 is 11.6 Å². The lowest BCUT2D eigenvalue weighted by atomic mass is 9.85. The first kappa shape index (κ1) is 20.8. The van der Waals surface area contributed by atoms with E-state index >= 15 is 0 Å². The molecule has 0 bridgehead atoms. The van der Waals surface area contributed by atoms with Crippen molar-refractivity contribution >= 4 is 29.1 Å². The molecule has 30 heavy (non-hydrogen) atoms. The molecule has 2 heterocycles. The van der Waals surface area contributed by atoms with Gasteiger partial charge in [-0.2, -0.15) is 0 Å². The number of alkyl halides is 1. The zero-order chi connectivity index (χ0) is 21.5. The molecule has 0 unspecified atom stereocenters. The maximum atomic E-state index is 15.0. The topological polar surface area (TPSA) is 62.3 Å². The van der Waals surface area contributed by atoms with E-state index in [9.17, 15) is 14.0 Å². The van der Waals surface area contributed by atoms with E-state index in [1.54, 1.807) is 30.0 Å². The fourth-order valence-corrected chi connectivity index (χ4v) is 4.67. The number of hydrogen-bond donors (Lipinski definition) is 1. The van der Waals surface area contributed by atoms with Crippen LogP contribution in [0.2, 0.25) is 5.02 Å². The van der Waals surface area contributed by atoms with Crippen LogP contribution in [0.3, 0.4) is 0 Å². The number of rotatable bonds is 4. The number of benzene rings is 1. The molecule has 1 aliphatic heterocycles. The highest BCUT2D eigenvalue weighted by Gasteiger charge is 2.48. The van der Waals surface area contributed by atoms with Gasteiger partial charge in [-0.25, -0.2) is 4.39 Å². The predicted molar refractivity (Wildman–Crippen MR) is 114 cm³/mol.